The van der Waals surface area contributed by atoms with E-state index in [9.17, 15) is 22.8 Å². The minimum atomic E-state index is -3.93. The molecule has 3 N–H and O–H groups in total. The fourth-order valence-corrected chi connectivity index (χ4v) is 5.77. The Kier molecular flexibility index (Phi) is 8.03. The van der Waals surface area contributed by atoms with Gasteiger partial charge in [-0.3, -0.25) is 14.4 Å². The molecule has 10 nitrogen and oxygen atoms in total. The molecule has 1 fully saturated rings. The summed E-state index contributed by atoms with van der Waals surface area (Å²) in [7, 11) is -3.93. The maximum Gasteiger partial charge on any atom is 0.260 e. The van der Waals surface area contributed by atoms with Crippen molar-refractivity contribution in [2.45, 2.75) is 50.2 Å². The molecular formula is C26H31N5O5S. The lowest BCUT2D eigenvalue weighted by Gasteiger charge is -2.23. The number of carbonyl (C=O) groups excluding carboxylic acids is 3. The van der Waals surface area contributed by atoms with Gasteiger partial charge >= 0.3 is 0 Å². The Bertz CT molecular complexity index is 1390. The molecule has 0 bridgehead atoms. The summed E-state index contributed by atoms with van der Waals surface area (Å²) in [6.07, 6.45) is 4.23. The lowest BCUT2D eigenvalue weighted by molar-refractivity contribution is -0.129. The quantitative estimate of drug-likeness (QED) is 0.412. The number of aromatic nitrogens is 2. The number of fused-ring (bicyclic) bond motifs is 1. The number of hydrogen-bond donors (Lipinski definition) is 3. The van der Waals surface area contributed by atoms with Crippen molar-refractivity contribution in [1.82, 2.24) is 24.9 Å². The van der Waals surface area contributed by atoms with Crippen molar-refractivity contribution in [3.63, 3.8) is 0 Å². The number of carbonyl (C=O) groups is 3. The molecule has 0 saturated carbocycles. The van der Waals surface area contributed by atoms with Gasteiger partial charge in [0.05, 0.1) is 12.6 Å². The van der Waals surface area contributed by atoms with E-state index < -0.39 is 39.7 Å². The lowest BCUT2D eigenvalue weighted by Crippen LogP contribution is -2.52. The molecular weight excluding hydrogens is 494 g/mol. The molecule has 196 valence electrons. The maximum absolute atomic E-state index is 13.2. The van der Waals surface area contributed by atoms with Crippen molar-refractivity contribution in [3.05, 3.63) is 60.4 Å². The molecule has 0 aliphatic carbocycles. The van der Waals surface area contributed by atoms with Crippen molar-refractivity contribution in [2.75, 3.05) is 13.1 Å². The third kappa shape index (κ3) is 6.23. The molecule has 1 aliphatic rings. The first-order valence-electron chi connectivity index (χ1n) is 12.3. The van der Waals surface area contributed by atoms with Crippen molar-refractivity contribution < 1.29 is 22.8 Å². The number of hydrogen-bond acceptors (Lipinski definition) is 6. The van der Waals surface area contributed by atoms with Crippen LogP contribution >= 0.6 is 0 Å². The number of amides is 2. The Hall–Kier alpha value is -3.57. The van der Waals surface area contributed by atoms with Crippen LogP contribution in [0.2, 0.25) is 0 Å². The van der Waals surface area contributed by atoms with Gasteiger partial charge in [0, 0.05) is 30.0 Å². The molecule has 3 aromatic rings. The molecule has 11 heteroatoms. The fraction of sp³-hybridized carbons (Fsp3) is 0.385. The largest absolute Gasteiger partial charge is 0.361 e. The van der Waals surface area contributed by atoms with E-state index in [1.807, 2.05) is 26.0 Å². The van der Waals surface area contributed by atoms with Gasteiger partial charge in [-0.2, -0.15) is 4.31 Å². The van der Waals surface area contributed by atoms with E-state index in [1.165, 1.54) is 12.3 Å². The predicted molar refractivity (Wildman–Crippen MR) is 138 cm³/mol. The van der Waals surface area contributed by atoms with E-state index in [0.717, 1.165) is 15.2 Å². The van der Waals surface area contributed by atoms with Crippen molar-refractivity contribution in [2.24, 2.45) is 5.92 Å². The van der Waals surface area contributed by atoms with Gasteiger partial charge in [-0.05, 0) is 60.9 Å². The second kappa shape index (κ2) is 11.2. The van der Waals surface area contributed by atoms with Gasteiger partial charge in [0.2, 0.25) is 5.91 Å². The van der Waals surface area contributed by atoms with Gasteiger partial charge in [0.15, 0.2) is 10.8 Å². The van der Waals surface area contributed by atoms with Crippen LogP contribution in [-0.2, 0) is 19.6 Å². The molecule has 37 heavy (non-hydrogen) atoms. The number of Topliss-reactive ketones (excluding diaryl/α,β-unsaturated/α-hetero) is 1. The third-order valence-electron chi connectivity index (χ3n) is 6.33. The van der Waals surface area contributed by atoms with E-state index in [-0.39, 0.29) is 24.0 Å². The topological polar surface area (TPSA) is 141 Å². The summed E-state index contributed by atoms with van der Waals surface area (Å²) < 4.78 is 27.0. The van der Waals surface area contributed by atoms with Crippen LogP contribution in [0.4, 0.5) is 0 Å². The van der Waals surface area contributed by atoms with Crippen LogP contribution in [0, 0.1) is 5.92 Å². The highest BCUT2D eigenvalue weighted by atomic mass is 32.2. The molecule has 3 heterocycles. The van der Waals surface area contributed by atoms with Crippen molar-refractivity contribution in [1.29, 1.82) is 0 Å². The third-order valence-corrected chi connectivity index (χ3v) is 8.09. The van der Waals surface area contributed by atoms with E-state index in [4.69, 9.17) is 0 Å². The number of rotatable bonds is 8. The first-order chi connectivity index (χ1) is 17.6. The predicted octanol–water partition coefficient (Wildman–Crippen LogP) is 2.25. The zero-order valence-electron chi connectivity index (χ0n) is 20.8. The van der Waals surface area contributed by atoms with Gasteiger partial charge in [0.1, 0.15) is 6.04 Å². The van der Waals surface area contributed by atoms with Crippen LogP contribution in [0.25, 0.3) is 10.9 Å². The first kappa shape index (κ1) is 26.5. The number of ketones is 1. The Morgan fingerprint density at radius 1 is 1.19 bits per heavy atom. The zero-order chi connectivity index (χ0) is 26.6. The van der Waals surface area contributed by atoms with Gasteiger partial charge in [-0.25, -0.2) is 13.4 Å². The molecule has 1 aliphatic heterocycles. The number of nitrogens with zero attached hydrogens (tertiary/aromatic N) is 2. The van der Waals surface area contributed by atoms with Gasteiger partial charge in [0.25, 0.3) is 15.9 Å². The number of H-pyrrole nitrogens is 1. The van der Waals surface area contributed by atoms with E-state index in [2.05, 4.69) is 20.6 Å². The highest BCUT2D eigenvalue weighted by molar-refractivity contribution is 7.89. The number of benzene rings is 1. The normalized spacial score (nSPS) is 17.9. The summed E-state index contributed by atoms with van der Waals surface area (Å²) in [6.45, 7) is 3.66. The summed E-state index contributed by atoms with van der Waals surface area (Å²) in [6, 6.07) is 10.0. The van der Waals surface area contributed by atoms with E-state index >= 15 is 0 Å². The molecule has 1 aromatic carbocycles. The monoisotopic (exact) mass is 525 g/mol. The van der Waals surface area contributed by atoms with Crippen LogP contribution in [0.15, 0.2) is 59.9 Å². The number of sulfonamides is 1. The average Bonchev–Trinajstić information content (AvgIpc) is 3.27. The Morgan fingerprint density at radius 2 is 2.00 bits per heavy atom. The highest BCUT2D eigenvalue weighted by Gasteiger charge is 2.34. The smallest absolute Gasteiger partial charge is 0.260 e. The summed E-state index contributed by atoms with van der Waals surface area (Å²) in [5.74, 6) is -1.16. The summed E-state index contributed by atoms with van der Waals surface area (Å²) in [5.41, 5.74) is 1.23. The number of nitrogens with one attached hydrogen (secondary N) is 3. The highest BCUT2D eigenvalue weighted by Crippen LogP contribution is 2.19. The van der Waals surface area contributed by atoms with E-state index in [0.29, 0.717) is 24.8 Å². The van der Waals surface area contributed by atoms with Gasteiger partial charge < -0.3 is 15.6 Å². The minimum absolute atomic E-state index is 0.103. The molecule has 4 rings (SSSR count). The molecule has 1 saturated heterocycles. The molecule has 0 radical (unpaired) electrons. The Balaban J connectivity index is 1.44. The summed E-state index contributed by atoms with van der Waals surface area (Å²) in [5, 5.41) is 6.42. The second-order valence-corrected chi connectivity index (χ2v) is 11.5. The molecule has 2 amide bonds. The van der Waals surface area contributed by atoms with E-state index in [1.54, 1.807) is 30.5 Å². The van der Waals surface area contributed by atoms with Crippen molar-refractivity contribution >= 4 is 38.5 Å². The van der Waals surface area contributed by atoms with Crippen LogP contribution in [0.1, 0.15) is 43.5 Å². The fourth-order valence-electron chi connectivity index (χ4n) is 4.39. The van der Waals surface area contributed by atoms with Crippen LogP contribution in [-0.4, -0.2) is 65.5 Å². The Morgan fingerprint density at radius 3 is 2.73 bits per heavy atom. The standard InChI is InChI=1S/C26H31N5O5S/c1-17(2)14-22(30-25(33)19-9-8-18-10-12-27-21(18)15-19)26(34)29-20-6-5-13-31(16-23(20)32)37(35,36)24-7-3-4-11-28-24/h3-4,7-12,15,17,20,22,27H,5-6,13-14,16H2,1-2H3,(H,29,34)(H,30,33)/t20-,22?/m0/s1. The molecule has 2 aromatic heterocycles. The van der Waals surface area contributed by atoms with Crippen molar-refractivity contribution in [3.8, 4) is 0 Å². The van der Waals surface area contributed by atoms with Crippen LogP contribution in [0.5, 0.6) is 0 Å². The molecule has 0 spiro atoms. The lowest BCUT2D eigenvalue weighted by atomic mass is 10.0. The Labute approximate surface area is 215 Å². The summed E-state index contributed by atoms with van der Waals surface area (Å²) >= 11 is 0. The second-order valence-electron chi connectivity index (χ2n) is 9.61. The molecule has 2 atom stereocenters. The zero-order valence-corrected chi connectivity index (χ0v) is 21.6. The van der Waals surface area contributed by atoms with Crippen LogP contribution in [0.3, 0.4) is 0 Å². The summed E-state index contributed by atoms with van der Waals surface area (Å²) in [4.78, 5) is 46.1. The first-order valence-corrected chi connectivity index (χ1v) is 13.7. The SMILES string of the molecule is CC(C)CC(NC(=O)c1ccc2cc[nH]c2c1)C(=O)N[C@H]1CCCN(S(=O)(=O)c2ccccn2)CC1=O. The van der Waals surface area contributed by atoms with Crippen LogP contribution < -0.4 is 10.6 Å². The molecule has 1 unspecified atom stereocenters. The van der Waals surface area contributed by atoms with Gasteiger partial charge in [-0.1, -0.05) is 26.0 Å². The average molecular weight is 526 g/mol. The number of pyridine rings is 1. The number of aromatic amines is 1. The van der Waals surface area contributed by atoms with Gasteiger partial charge in [-0.15, -0.1) is 0 Å². The maximum atomic E-state index is 13.2. The minimum Gasteiger partial charge on any atom is -0.361 e.